The minimum atomic E-state index is 0.583. The molecular formula is C10H18N4O. The fraction of sp³-hybridized carbons (Fsp3) is 0.600. The van der Waals surface area contributed by atoms with Gasteiger partial charge in [-0.3, -0.25) is 0 Å². The molecule has 0 radical (unpaired) electrons. The van der Waals surface area contributed by atoms with E-state index < -0.39 is 0 Å². The number of nitrogens with zero attached hydrogens (tertiary/aromatic N) is 3. The largest absolute Gasteiger partial charge is 0.481 e. The molecule has 1 rings (SSSR count). The van der Waals surface area contributed by atoms with Gasteiger partial charge in [0.05, 0.1) is 7.11 Å². The molecule has 1 aromatic rings. The fourth-order valence-corrected chi connectivity index (χ4v) is 1.16. The Morgan fingerprint density at radius 1 is 1.40 bits per heavy atom. The highest BCUT2D eigenvalue weighted by atomic mass is 16.5. The van der Waals surface area contributed by atoms with Crippen LogP contribution < -0.4 is 10.1 Å². The van der Waals surface area contributed by atoms with Crippen LogP contribution in [0.1, 0.15) is 6.42 Å². The average Bonchev–Trinajstić information content (AvgIpc) is 2.24. The molecule has 84 valence electrons. The van der Waals surface area contributed by atoms with E-state index in [0.717, 1.165) is 25.3 Å². The van der Waals surface area contributed by atoms with Crippen LogP contribution in [0.15, 0.2) is 12.4 Å². The Labute approximate surface area is 90.5 Å². The molecule has 1 aromatic heterocycles. The smallest absolute Gasteiger partial charge is 0.218 e. The maximum absolute atomic E-state index is 5.00. The maximum atomic E-state index is 5.00. The van der Waals surface area contributed by atoms with Gasteiger partial charge in [0, 0.05) is 12.6 Å². The van der Waals surface area contributed by atoms with E-state index in [0.29, 0.717) is 5.88 Å². The Morgan fingerprint density at radius 3 is 2.87 bits per heavy atom. The van der Waals surface area contributed by atoms with E-state index in [-0.39, 0.29) is 0 Å². The van der Waals surface area contributed by atoms with Crippen molar-refractivity contribution < 1.29 is 4.74 Å². The quantitative estimate of drug-likeness (QED) is 0.705. The summed E-state index contributed by atoms with van der Waals surface area (Å²) in [6.45, 7) is 1.97. The first-order valence-corrected chi connectivity index (χ1v) is 4.97. The molecule has 0 aliphatic heterocycles. The summed E-state index contributed by atoms with van der Waals surface area (Å²) < 4.78 is 5.00. The number of rotatable bonds is 6. The molecule has 0 amide bonds. The zero-order valence-corrected chi connectivity index (χ0v) is 9.53. The summed E-state index contributed by atoms with van der Waals surface area (Å²) in [5, 5.41) is 3.22. The third-order valence-electron chi connectivity index (χ3n) is 1.94. The number of nitrogens with one attached hydrogen (secondary N) is 1. The highest BCUT2D eigenvalue weighted by molar-refractivity contribution is 5.36. The number of ether oxygens (including phenoxy) is 1. The lowest BCUT2D eigenvalue weighted by molar-refractivity contribution is 0.396. The van der Waals surface area contributed by atoms with Gasteiger partial charge in [-0.05, 0) is 27.1 Å². The van der Waals surface area contributed by atoms with Crippen LogP contribution in [0.4, 0.5) is 5.82 Å². The molecule has 5 nitrogen and oxygen atoms in total. The van der Waals surface area contributed by atoms with Crippen molar-refractivity contribution in [2.45, 2.75) is 6.42 Å². The van der Waals surface area contributed by atoms with Gasteiger partial charge in [-0.15, -0.1) is 0 Å². The molecule has 0 bridgehead atoms. The molecule has 0 aromatic carbocycles. The summed E-state index contributed by atoms with van der Waals surface area (Å²) in [7, 11) is 5.72. The normalized spacial score (nSPS) is 10.4. The molecule has 0 saturated heterocycles. The lowest BCUT2D eigenvalue weighted by Gasteiger charge is -2.10. The Hall–Kier alpha value is -1.36. The highest BCUT2D eigenvalue weighted by Crippen LogP contribution is 2.09. The van der Waals surface area contributed by atoms with E-state index >= 15 is 0 Å². The van der Waals surface area contributed by atoms with E-state index in [1.165, 1.54) is 6.33 Å². The molecule has 0 spiro atoms. The maximum Gasteiger partial charge on any atom is 0.218 e. The molecule has 0 saturated carbocycles. The van der Waals surface area contributed by atoms with E-state index in [1.807, 2.05) is 0 Å². The van der Waals surface area contributed by atoms with Crippen molar-refractivity contribution in [1.82, 2.24) is 14.9 Å². The van der Waals surface area contributed by atoms with Gasteiger partial charge in [0.1, 0.15) is 12.1 Å². The first-order valence-electron chi connectivity index (χ1n) is 4.97. The molecular weight excluding hydrogens is 192 g/mol. The molecule has 0 atom stereocenters. The summed E-state index contributed by atoms with van der Waals surface area (Å²) in [5.41, 5.74) is 0. The Morgan fingerprint density at radius 2 is 2.20 bits per heavy atom. The summed E-state index contributed by atoms with van der Waals surface area (Å²) in [4.78, 5) is 10.2. The second kappa shape index (κ2) is 6.19. The molecule has 1 N–H and O–H groups in total. The van der Waals surface area contributed by atoms with Gasteiger partial charge in [0.15, 0.2) is 0 Å². The zero-order chi connectivity index (χ0) is 11.1. The molecule has 15 heavy (non-hydrogen) atoms. The zero-order valence-electron chi connectivity index (χ0n) is 9.53. The van der Waals surface area contributed by atoms with Crippen molar-refractivity contribution in [3.8, 4) is 5.88 Å². The predicted octanol–water partition coefficient (Wildman–Crippen LogP) is 0.849. The fourth-order valence-electron chi connectivity index (χ4n) is 1.16. The predicted molar refractivity (Wildman–Crippen MR) is 60.2 cm³/mol. The molecule has 5 heteroatoms. The van der Waals surface area contributed by atoms with Gasteiger partial charge >= 0.3 is 0 Å². The molecule has 0 aliphatic rings. The highest BCUT2D eigenvalue weighted by Gasteiger charge is 1.97. The van der Waals surface area contributed by atoms with Crippen molar-refractivity contribution in [3.63, 3.8) is 0 Å². The molecule has 0 unspecified atom stereocenters. The second-order valence-electron chi connectivity index (χ2n) is 3.53. The minimum absolute atomic E-state index is 0.583. The Bertz CT molecular complexity index is 291. The van der Waals surface area contributed by atoms with E-state index in [9.17, 15) is 0 Å². The SMILES string of the molecule is COc1cc(NCCCN(C)C)ncn1. The first kappa shape index (κ1) is 11.7. The monoisotopic (exact) mass is 210 g/mol. The van der Waals surface area contributed by atoms with Crippen LogP contribution in [0.2, 0.25) is 0 Å². The van der Waals surface area contributed by atoms with Crippen molar-refractivity contribution in [2.75, 3.05) is 39.6 Å². The molecule has 0 aliphatic carbocycles. The van der Waals surface area contributed by atoms with Crippen LogP contribution in [0.3, 0.4) is 0 Å². The first-order chi connectivity index (χ1) is 7.22. The second-order valence-corrected chi connectivity index (χ2v) is 3.53. The lowest BCUT2D eigenvalue weighted by Crippen LogP contribution is -2.16. The third-order valence-corrected chi connectivity index (χ3v) is 1.94. The minimum Gasteiger partial charge on any atom is -0.481 e. The topological polar surface area (TPSA) is 50.3 Å². The number of anilines is 1. The van der Waals surface area contributed by atoms with E-state index in [4.69, 9.17) is 4.74 Å². The number of hydrogen-bond acceptors (Lipinski definition) is 5. The van der Waals surface area contributed by atoms with Gasteiger partial charge in [-0.2, -0.15) is 0 Å². The van der Waals surface area contributed by atoms with Crippen molar-refractivity contribution >= 4 is 5.82 Å². The van der Waals surface area contributed by atoms with Crippen LogP contribution in [-0.4, -0.2) is 49.2 Å². The Kier molecular flexibility index (Phi) is 4.83. The summed E-state index contributed by atoms with van der Waals surface area (Å²) >= 11 is 0. The van der Waals surface area contributed by atoms with Crippen molar-refractivity contribution in [3.05, 3.63) is 12.4 Å². The average molecular weight is 210 g/mol. The molecule has 1 heterocycles. The van der Waals surface area contributed by atoms with Gasteiger partial charge in [0.2, 0.25) is 5.88 Å². The number of methoxy groups -OCH3 is 1. The number of hydrogen-bond donors (Lipinski definition) is 1. The molecule has 0 fully saturated rings. The summed E-state index contributed by atoms with van der Waals surface area (Å²) in [6, 6.07) is 1.79. The third kappa shape index (κ3) is 4.60. The van der Waals surface area contributed by atoms with E-state index in [2.05, 4.69) is 34.3 Å². The Balaban J connectivity index is 2.30. The van der Waals surface area contributed by atoms with E-state index in [1.54, 1.807) is 13.2 Å². The van der Waals surface area contributed by atoms with Crippen LogP contribution in [0, 0.1) is 0 Å². The van der Waals surface area contributed by atoms with Gasteiger partial charge in [-0.1, -0.05) is 0 Å². The van der Waals surface area contributed by atoms with Crippen molar-refractivity contribution in [2.24, 2.45) is 0 Å². The van der Waals surface area contributed by atoms with Crippen LogP contribution in [0.25, 0.3) is 0 Å². The van der Waals surface area contributed by atoms with Gasteiger partial charge in [0.25, 0.3) is 0 Å². The van der Waals surface area contributed by atoms with Gasteiger partial charge in [-0.25, -0.2) is 9.97 Å². The van der Waals surface area contributed by atoms with Crippen LogP contribution in [0.5, 0.6) is 5.88 Å². The van der Waals surface area contributed by atoms with Crippen LogP contribution >= 0.6 is 0 Å². The standard InChI is InChI=1S/C10H18N4O/c1-14(2)6-4-5-11-9-7-10(15-3)13-8-12-9/h7-8H,4-6H2,1-3H3,(H,11,12,13). The van der Waals surface area contributed by atoms with Crippen molar-refractivity contribution in [1.29, 1.82) is 0 Å². The van der Waals surface area contributed by atoms with Crippen LogP contribution in [-0.2, 0) is 0 Å². The number of aromatic nitrogens is 2. The summed E-state index contributed by atoms with van der Waals surface area (Å²) in [6.07, 6.45) is 2.58. The summed E-state index contributed by atoms with van der Waals surface area (Å²) in [5.74, 6) is 1.39. The van der Waals surface area contributed by atoms with Gasteiger partial charge < -0.3 is 15.0 Å². The lowest BCUT2D eigenvalue weighted by atomic mass is 10.4.